The Morgan fingerprint density at radius 1 is 1.04 bits per heavy atom. The first-order chi connectivity index (χ1) is 10.9. The molecule has 2 heteroatoms. The lowest BCUT2D eigenvalue weighted by molar-refractivity contribution is -0.0537. The number of rotatable bonds is 1. The second-order valence-corrected chi connectivity index (χ2v) is 9.76. The van der Waals surface area contributed by atoms with E-state index < -0.39 is 0 Å². The van der Waals surface area contributed by atoms with Gasteiger partial charge >= 0.3 is 0 Å². The first kappa shape index (κ1) is 16.1. The van der Waals surface area contributed by atoms with E-state index in [2.05, 4.69) is 38.9 Å². The van der Waals surface area contributed by atoms with E-state index in [0.29, 0.717) is 10.8 Å². The number of fused-ring (bicyclic) bond motifs is 5. The molecular formula is C21H35NO. The van der Waals surface area contributed by atoms with Crippen LogP contribution in [0, 0.1) is 28.6 Å². The average molecular weight is 318 g/mol. The standard InChI is InChI=1S/C21H35NO/c1-20-11-9-15(23)13-14(20)5-6-16-17-7-8-19(22(3)4)21(17,2)12-10-18(16)20/h5,15-19,23H,6-13H2,1-4H3. The molecule has 2 nitrogen and oxygen atoms in total. The lowest BCUT2D eigenvalue weighted by Crippen LogP contribution is -2.53. The van der Waals surface area contributed by atoms with Crippen molar-refractivity contribution in [1.82, 2.24) is 4.90 Å². The summed E-state index contributed by atoms with van der Waals surface area (Å²) in [6, 6.07) is 0.778. The van der Waals surface area contributed by atoms with Gasteiger partial charge in [0.1, 0.15) is 0 Å². The van der Waals surface area contributed by atoms with Gasteiger partial charge in [-0.15, -0.1) is 0 Å². The van der Waals surface area contributed by atoms with Crippen molar-refractivity contribution in [3.8, 4) is 0 Å². The van der Waals surface area contributed by atoms with E-state index in [1.807, 2.05) is 0 Å². The van der Waals surface area contributed by atoms with Gasteiger partial charge in [-0.3, -0.25) is 0 Å². The summed E-state index contributed by atoms with van der Waals surface area (Å²) in [5, 5.41) is 10.1. The van der Waals surface area contributed by atoms with Crippen LogP contribution >= 0.6 is 0 Å². The fourth-order valence-electron chi connectivity index (χ4n) is 7.46. The Labute approximate surface area is 142 Å². The molecule has 23 heavy (non-hydrogen) atoms. The van der Waals surface area contributed by atoms with Crippen LogP contribution in [0.25, 0.3) is 0 Å². The molecule has 4 rings (SSSR count). The Morgan fingerprint density at radius 2 is 1.83 bits per heavy atom. The molecule has 1 N–H and O–H groups in total. The van der Waals surface area contributed by atoms with Gasteiger partial charge in [0.2, 0.25) is 0 Å². The SMILES string of the molecule is CN(C)C1CCC2C3CC=C4CC(O)CCC4(C)C3CCC21C. The van der Waals surface area contributed by atoms with E-state index in [-0.39, 0.29) is 6.10 Å². The van der Waals surface area contributed by atoms with Crippen molar-refractivity contribution in [3.05, 3.63) is 11.6 Å². The number of hydrogen-bond acceptors (Lipinski definition) is 2. The topological polar surface area (TPSA) is 23.5 Å². The summed E-state index contributed by atoms with van der Waals surface area (Å²) < 4.78 is 0. The first-order valence-electron chi connectivity index (χ1n) is 9.90. The third-order valence-electron chi connectivity index (χ3n) is 8.65. The van der Waals surface area contributed by atoms with Crippen LogP contribution in [0.5, 0.6) is 0 Å². The van der Waals surface area contributed by atoms with E-state index in [4.69, 9.17) is 0 Å². The lowest BCUT2D eigenvalue weighted by Gasteiger charge is -2.58. The maximum absolute atomic E-state index is 10.1. The zero-order chi connectivity index (χ0) is 16.4. The summed E-state index contributed by atoms with van der Waals surface area (Å²) >= 11 is 0. The highest BCUT2D eigenvalue weighted by Crippen LogP contribution is 2.65. The summed E-state index contributed by atoms with van der Waals surface area (Å²) in [4.78, 5) is 2.50. The third kappa shape index (κ3) is 2.20. The molecule has 0 heterocycles. The third-order valence-corrected chi connectivity index (χ3v) is 8.65. The van der Waals surface area contributed by atoms with Gasteiger partial charge in [-0.25, -0.2) is 0 Å². The second kappa shape index (κ2) is 5.33. The van der Waals surface area contributed by atoms with Crippen LogP contribution in [0.3, 0.4) is 0 Å². The van der Waals surface area contributed by atoms with Crippen LogP contribution in [0.15, 0.2) is 11.6 Å². The van der Waals surface area contributed by atoms with Crippen LogP contribution in [0.4, 0.5) is 0 Å². The molecule has 0 saturated heterocycles. The molecule has 7 unspecified atom stereocenters. The fourth-order valence-corrected chi connectivity index (χ4v) is 7.46. The van der Waals surface area contributed by atoms with Crippen LogP contribution in [-0.2, 0) is 0 Å². The summed E-state index contributed by atoms with van der Waals surface area (Å²) in [7, 11) is 4.57. The molecule has 0 radical (unpaired) electrons. The van der Waals surface area contributed by atoms with Crippen LogP contribution in [0.1, 0.15) is 65.2 Å². The zero-order valence-corrected chi connectivity index (χ0v) is 15.5. The van der Waals surface area contributed by atoms with E-state index in [0.717, 1.165) is 36.6 Å². The Bertz CT molecular complexity index is 512. The van der Waals surface area contributed by atoms with E-state index in [9.17, 15) is 5.11 Å². The van der Waals surface area contributed by atoms with Gasteiger partial charge in [-0.05, 0) is 94.0 Å². The van der Waals surface area contributed by atoms with E-state index in [1.54, 1.807) is 5.57 Å². The van der Waals surface area contributed by atoms with Gasteiger partial charge < -0.3 is 10.0 Å². The predicted molar refractivity (Wildman–Crippen MR) is 95.2 cm³/mol. The minimum Gasteiger partial charge on any atom is -0.393 e. The maximum atomic E-state index is 10.1. The van der Waals surface area contributed by atoms with Crippen molar-refractivity contribution < 1.29 is 5.11 Å². The first-order valence-corrected chi connectivity index (χ1v) is 9.90. The summed E-state index contributed by atoms with van der Waals surface area (Å²) in [5.41, 5.74) is 2.52. The molecular weight excluding hydrogens is 282 g/mol. The Kier molecular flexibility index (Phi) is 3.74. The van der Waals surface area contributed by atoms with Crippen molar-refractivity contribution in [1.29, 1.82) is 0 Å². The van der Waals surface area contributed by atoms with Crippen LogP contribution in [0.2, 0.25) is 0 Å². The average Bonchev–Trinajstić information content (AvgIpc) is 2.85. The van der Waals surface area contributed by atoms with Gasteiger partial charge in [0.15, 0.2) is 0 Å². The molecule has 7 atom stereocenters. The van der Waals surface area contributed by atoms with Crippen LogP contribution < -0.4 is 0 Å². The summed E-state index contributed by atoms with van der Waals surface area (Å²) in [5.74, 6) is 2.67. The molecule has 0 spiro atoms. The normalized spacial score (nSPS) is 52.6. The van der Waals surface area contributed by atoms with Gasteiger partial charge in [0, 0.05) is 6.04 Å². The Balaban J connectivity index is 1.65. The quantitative estimate of drug-likeness (QED) is 0.731. The predicted octanol–water partition coefficient (Wildman–Crippen LogP) is 4.24. The molecule has 3 saturated carbocycles. The monoisotopic (exact) mass is 317 g/mol. The molecule has 0 amide bonds. The van der Waals surface area contributed by atoms with Crippen molar-refractivity contribution in [2.75, 3.05) is 14.1 Å². The smallest absolute Gasteiger partial charge is 0.0577 e. The molecule has 130 valence electrons. The Hall–Kier alpha value is -0.340. The van der Waals surface area contributed by atoms with E-state index >= 15 is 0 Å². The molecule has 3 fully saturated rings. The highest BCUT2D eigenvalue weighted by Gasteiger charge is 2.58. The van der Waals surface area contributed by atoms with Gasteiger partial charge in [0.25, 0.3) is 0 Å². The molecule has 0 aromatic heterocycles. The number of allylic oxidation sites excluding steroid dienone is 1. The fraction of sp³-hybridized carbons (Fsp3) is 0.905. The van der Waals surface area contributed by atoms with Crippen molar-refractivity contribution in [3.63, 3.8) is 0 Å². The lowest BCUT2D eigenvalue weighted by atomic mass is 9.48. The zero-order valence-electron chi connectivity index (χ0n) is 15.5. The minimum atomic E-state index is -0.0793. The number of nitrogens with zero attached hydrogens (tertiary/aromatic N) is 1. The summed E-state index contributed by atoms with van der Waals surface area (Å²) in [6.07, 6.45) is 12.6. The molecule has 0 aliphatic heterocycles. The van der Waals surface area contributed by atoms with Crippen LogP contribution in [-0.4, -0.2) is 36.2 Å². The molecule has 0 aromatic carbocycles. The van der Waals surface area contributed by atoms with Gasteiger partial charge in [0.05, 0.1) is 6.10 Å². The molecule has 0 aromatic rings. The number of aliphatic hydroxyl groups excluding tert-OH is 1. The van der Waals surface area contributed by atoms with Gasteiger partial charge in [-0.1, -0.05) is 25.5 Å². The minimum absolute atomic E-state index is 0.0793. The van der Waals surface area contributed by atoms with E-state index in [1.165, 1.54) is 38.5 Å². The molecule has 0 bridgehead atoms. The van der Waals surface area contributed by atoms with Crippen molar-refractivity contribution in [2.45, 2.75) is 77.4 Å². The van der Waals surface area contributed by atoms with Gasteiger partial charge in [-0.2, -0.15) is 0 Å². The maximum Gasteiger partial charge on any atom is 0.0577 e. The highest BCUT2D eigenvalue weighted by molar-refractivity contribution is 5.25. The Morgan fingerprint density at radius 3 is 2.57 bits per heavy atom. The molecule has 4 aliphatic carbocycles. The largest absolute Gasteiger partial charge is 0.393 e. The van der Waals surface area contributed by atoms with Crippen molar-refractivity contribution in [2.24, 2.45) is 28.6 Å². The summed E-state index contributed by atoms with van der Waals surface area (Å²) in [6.45, 7) is 5.13. The van der Waals surface area contributed by atoms with Crippen molar-refractivity contribution >= 4 is 0 Å². The second-order valence-electron chi connectivity index (χ2n) is 9.76. The number of hydrogen-bond donors (Lipinski definition) is 1. The number of aliphatic hydroxyl groups is 1. The molecule has 4 aliphatic rings. The highest BCUT2D eigenvalue weighted by atomic mass is 16.3.